The van der Waals surface area contributed by atoms with Gasteiger partial charge in [-0.15, -0.1) is 0 Å². The van der Waals surface area contributed by atoms with Crippen molar-refractivity contribution in [1.82, 2.24) is 20.4 Å². The van der Waals surface area contributed by atoms with Gasteiger partial charge in [-0.1, -0.05) is 29.4 Å². The van der Waals surface area contributed by atoms with Gasteiger partial charge in [0.05, 0.1) is 22.0 Å². The summed E-state index contributed by atoms with van der Waals surface area (Å²) in [4.78, 5) is 37.3. The summed E-state index contributed by atoms with van der Waals surface area (Å²) in [6.45, 7) is 15.8. The van der Waals surface area contributed by atoms with Crippen LogP contribution in [0.5, 0.6) is 0 Å². The predicted octanol–water partition coefficient (Wildman–Crippen LogP) is 7.63. The van der Waals surface area contributed by atoms with E-state index in [4.69, 9.17) is 31.2 Å². The van der Waals surface area contributed by atoms with Gasteiger partial charge >= 0.3 is 12.2 Å². The molecule has 2 amide bonds. The number of benzene rings is 2. The molecule has 0 bridgehead atoms. The molecule has 0 fully saturated rings. The van der Waals surface area contributed by atoms with E-state index in [1.54, 1.807) is 73.6 Å². The number of thiocarbonyl (C=S) groups is 1. The van der Waals surface area contributed by atoms with Crippen molar-refractivity contribution >= 4 is 50.9 Å². The lowest BCUT2D eigenvalue weighted by atomic mass is 10.1. The average molecular weight is 723 g/mol. The fourth-order valence-corrected chi connectivity index (χ4v) is 5.71. The Morgan fingerprint density at radius 1 is 0.900 bits per heavy atom. The highest BCUT2D eigenvalue weighted by Gasteiger charge is 2.37. The minimum atomic E-state index is -3.51. The molecule has 0 spiro atoms. The third-order valence-corrected chi connectivity index (χ3v) is 9.15. The maximum Gasteiger partial charge on any atom is 0.425 e. The zero-order valence-electron chi connectivity index (χ0n) is 29.5. The van der Waals surface area contributed by atoms with Gasteiger partial charge in [-0.3, -0.25) is 0 Å². The highest BCUT2D eigenvalue weighted by molar-refractivity contribution is 7.92. The van der Waals surface area contributed by atoms with Crippen LogP contribution in [0.15, 0.2) is 70.2 Å². The number of carbonyl (C=O) groups is 2. The van der Waals surface area contributed by atoms with Crippen LogP contribution >= 0.6 is 12.2 Å². The van der Waals surface area contributed by atoms with Crippen molar-refractivity contribution < 1.29 is 32.0 Å². The first kappa shape index (κ1) is 37.9. The van der Waals surface area contributed by atoms with E-state index in [1.807, 2.05) is 31.2 Å². The average Bonchev–Trinajstić information content (AvgIpc) is 3.50. The molecule has 0 radical (unpaired) electrons. The Labute approximate surface area is 297 Å². The second-order valence-electron chi connectivity index (χ2n) is 13.5. The molecule has 0 aliphatic heterocycles. The standard InChI is InChI=1S/C35H42N6O7S2/c1-10-36-31(49)38-24-15-11-22(12-16-24)26-19-28(48-40-26)29-30(41(32(42)46-34(4,5)6)33(43)47-35(7,8)9)37-20-27(39-29)23-13-17-25(18-14-23)50(44,45)21(2)3/h11-21H,10H2,1-9H3,(H2,36,38,49). The van der Waals surface area contributed by atoms with Crippen molar-refractivity contribution in [3.63, 3.8) is 0 Å². The minimum Gasteiger partial charge on any atom is -0.443 e. The first-order valence-electron chi connectivity index (χ1n) is 15.9. The second-order valence-corrected chi connectivity index (χ2v) is 16.4. The number of ether oxygens (including phenoxy) is 2. The number of anilines is 2. The fourth-order valence-electron chi connectivity index (χ4n) is 4.38. The molecule has 15 heteroatoms. The van der Waals surface area contributed by atoms with Crippen molar-refractivity contribution in [2.45, 2.75) is 83.7 Å². The summed E-state index contributed by atoms with van der Waals surface area (Å²) in [5.41, 5.74) is 0.752. The van der Waals surface area contributed by atoms with Crippen LogP contribution in [-0.4, -0.2) is 63.8 Å². The number of aromatic nitrogens is 3. The van der Waals surface area contributed by atoms with Gasteiger partial charge in [0.2, 0.25) is 0 Å². The van der Waals surface area contributed by atoms with Gasteiger partial charge in [0.1, 0.15) is 16.9 Å². The number of amides is 2. The van der Waals surface area contributed by atoms with Gasteiger partial charge in [0, 0.05) is 29.4 Å². The number of carbonyl (C=O) groups excluding carboxylic acids is 2. The van der Waals surface area contributed by atoms with Crippen LogP contribution in [-0.2, 0) is 19.3 Å². The molecule has 0 aliphatic rings. The maximum atomic E-state index is 13.6. The number of nitrogens with zero attached hydrogens (tertiary/aromatic N) is 4. The fraction of sp³-hybridized carbons (Fsp3) is 0.371. The summed E-state index contributed by atoms with van der Waals surface area (Å²) in [6, 6.07) is 15.1. The first-order valence-corrected chi connectivity index (χ1v) is 17.8. The van der Waals surface area contributed by atoms with E-state index in [1.165, 1.54) is 18.3 Å². The normalized spacial score (nSPS) is 12.0. The highest BCUT2D eigenvalue weighted by atomic mass is 32.2. The third kappa shape index (κ3) is 9.41. The van der Waals surface area contributed by atoms with E-state index in [9.17, 15) is 18.0 Å². The second kappa shape index (κ2) is 14.9. The van der Waals surface area contributed by atoms with Gasteiger partial charge in [0.25, 0.3) is 0 Å². The lowest BCUT2D eigenvalue weighted by Gasteiger charge is -2.28. The van der Waals surface area contributed by atoms with Gasteiger partial charge in [-0.05, 0) is 98.8 Å². The van der Waals surface area contributed by atoms with Gasteiger partial charge in [-0.2, -0.15) is 4.90 Å². The minimum absolute atomic E-state index is 0.0221. The molecule has 0 aliphatic carbocycles. The van der Waals surface area contributed by atoms with Crippen molar-refractivity contribution in [1.29, 1.82) is 0 Å². The van der Waals surface area contributed by atoms with Gasteiger partial charge in [0.15, 0.2) is 32.2 Å². The molecular weight excluding hydrogens is 681 g/mol. The largest absolute Gasteiger partial charge is 0.443 e. The summed E-state index contributed by atoms with van der Waals surface area (Å²) < 4.78 is 42.4. The highest BCUT2D eigenvalue weighted by Crippen LogP contribution is 2.35. The van der Waals surface area contributed by atoms with Gasteiger partial charge in [-0.25, -0.2) is 28.0 Å². The molecule has 0 saturated heterocycles. The van der Waals surface area contributed by atoms with Crippen molar-refractivity contribution in [3.8, 4) is 34.0 Å². The Bertz CT molecular complexity index is 1930. The molecular formula is C35H42N6O7S2. The van der Waals surface area contributed by atoms with Gasteiger partial charge < -0.3 is 24.6 Å². The van der Waals surface area contributed by atoms with Crippen molar-refractivity contribution in [3.05, 3.63) is 60.8 Å². The summed E-state index contributed by atoms with van der Waals surface area (Å²) >= 11 is 5.27. The summed E-state index contributed by atoms with van der Waals surface area (Å²) in [5, 5.41) is 10.2. The van der Waals surface area contributed by atoms with Crippen LogP contribution in [0.25, 0.3) is 34.0 Å². The molecule has 266 valence electrons. The van der Waals surface area contributed by atoms with E-state index in [-0.39, 0.29) is 22.2 Å². The van der Waals surface area contributed by atoms with Crippen LogP contribution in [0.1, 0.15) is 62.3 Å². The summed E-state index contributed by atoms with van der Waals surface area (Å²) in [7, 11) is -3.51. The van der Waals surface area contributed by atoms with E-state index < -0.39 is 38.5 Å². The van der Waals surface area contributed by atoms with Crippen molar-refractivity contribution in [2.24, 2.45) is 0 Å². The zero-order chi connectivity index (χ0) is 37.0. The Balaban J connectivity index is 1.85. The number of hydrogen-bond donors (Lipinski definition) is 2. The topological polar surface area (TPSA) is 166 Å². The number of rotatable bonds is 8. The number of nitrogens with one attached hydrogen (secondary N) is 2. The van der Waals surface area contributed by atoms with E-state index in [0.29, 0.717) is 39.1 Å². The Morgan fingerprint density at radius 2 is 1.44 bits per heavy atom. The van der Waals surface area contributed by atoms with E-state index in [2.05, 4.69) is 20.8 Å². The molecule has 2 aromatic heterocycles. The number of imide groups is 1. The van der Waals surface area contributed by atoms with Crippen LogP contribution in [0, 0.1) is 0 Å². The predicted molar refractivity (Wildman–Crippen MR) is 196 cm³/mol. The smallest absolute Gasteiger partial charge is 0.425 e. The molecule has 2 aromatic carbocycles. The lowest BCUT2D eigenvalue weighted by Crippen LogP contribution is -2.44. The Morgan fingerprint density at radius 3 is 1.96 bits per heavy atom. The molecule has 4 rings (SSSR count). The van der Waals surface area contributed by atoms with Crippen LogP contribution in [0.2, 0.25) is 0 Å². The molecule has 0 atom stereocenters. The molecule has 4 aromatic rings. The summed E-state index contributed by atoms with van der Waals surface area (Å²) in [5.74, 6) is -0.147. The molecule has 0 saturated carbocycles. The van der Waals surface area contributed by atoms with Crippen LogP contribution in [0.4, 0.5) is 21.1 Å². The molecule has 2 heterocycles. The van der Waals surface area contributed by atoms with E-state index in [0.717, 1.165) is 5.69 Å². The SMILES string of the molecule is CCNC(=S)Nc1ccc(-c2cc(-c3nc(-c4ccc(S(=O)(=O)C(C)C)cc4)cnc3N(C(=O)OC(C)(C)C)C(=O)OC(C)(C)C)on2)cc1. The zero-order valence-corrected chi connectivity index (χ0v) is 31.2. The quantitative estimate of drug-likeness (QED) is 0.171. The van der Waals surface area contributed by atoms with Crippen LogP contribution in [0.3, 0.4) is 0 Å². The van der Waals surface area contributed by atoms with Crippen molar-refractivity contribution in [2.75, 3.05) is 16.8 Å². The van der Waals surface area contributed by atoms with E-state index >= 15 is 0 Å². The third-order valence-electron chi connectivity index (χ3n) is 6.74. The monoisotopic (exact) mass is 722 g/mol. The molecule has 2 N–H and O–H groups in total. The first-order chi connectivity index (χ1) is 23.3. The Kier molecular flexibility index (Phi) is 11.3. The number of hydrogen-bond acceptors (Lipinski definition) is 11. The molecule has 0 unspecified atom stereocenters. The molecule has 50 heavy (non-hydrogen) atoms. The Hall–Kier alpha value is -4.89. The lowest BCUT2D eigenvalue weighted by molar-refractivity contribution is 0.0429. The maximum absolute atomic E-state index is 13.6. The van der Waals surface area contributed by atoms with Crippen LogP contribution < -0.4 is 15.5 Å². The summed E-state index contributed by atoms with van der Waals surface area (Å²) in [6.07, 6.45) is -0.735. The molecule has 13 nitrogen and oxygen atoms in total. The number of sulfone groups is 1.